The fourth-order valence-corrected chi connectivity index (χ4v) is 2.04. The minimum atomic E-state index is -1.07. The molecule has 0 fully saturated rings. The third-order valence-electron chi connectivity index (χ3n) is 3.15. The van der Waals surface area contributed by atoms with Gasteiger partial charge < -0.3 is 10.4 Å². The summed E-state index contributed by atoms with van der Waals surface area (Å²) in [5.74, 6) is -0.721. The van der Waals surface area contributed by atoms with Crippen molar-refractivity contribution in [3.63, 3.8) is 0 Å². The molecular weight excluding hydrogens is 294 g/mol. The molecule has 0 atom stereocenters. The number of carboxylic acids is 1. The van der Waals surface area contributed by atoms with Gasteiger partial charge in [0.15, 0.2) is 0 Å². The first-order valence-electron chi connectivity index (χ1n) is 6.87. The fourth-order valence-electron chi connectivity index (χ4n) is 2.04. The zero-order valence-corrected chi connectivity index (χ0v) is 12.0. The molecule has 0 aliphatic rings. The number of aromatic carboxylic acids is 1. The van der Waals surface area contributed by atoms with E-state index in [9.17, 15) is 9.90 Å². The maximum absolute atomic E-state index is 11.4. The molecule has 0 bridgehead atoms. The Bertz CT molecular complexity index is 809. The molecule has 0 spiro atoms. The number of carbonyl (C=O) groups is 1. The lowest BCUT2D eigenvalue weighted by atomic mass is 10.1. The normalized spacial score (nSPS) is 10.3. The van der Waals surface area contributed by atoms with Gasteiger partial charge >= 0.3 is 5.97 Å². The molecule has 2 N–H and O–H groups in total. The van der Waals surface area contributed by atoms with Gasteiger partial charge in [-0.2, -0.15) is 0 Å². The van der Waals surface area contributed by atoms with E-state index in [0.29, 0.717) is 23.8 Å². The Kier molecular flexibility index (Phi) is 4.19. The second kappa shape index (κ2) is 6.61. The third kappa shape index (κ3) is 3.46. The lowest BCUT2D eigenvalue weighted by Crippen LogP contribution is -2.08. The van der Waals surface area contributed by atoms with Crippen molar-refractivity contribution in [2.75, 3.05) is 5.32 Å². The van der Waals surface area contributed by atoms with E-state index >= 15 is 0 Å². The SMILES string of the molecule is O=C(O)c1cnc(NCc2cccnc2)nc1-c1ccncc1. The van der Waals surface area contributed by atoms with Gasteiger partial charge in [-0.1, -0.05) is 6.07 Å². The number of hydrogen-bond donors (Lipinski definition) is 2. The van der Waals surface area contributed by atoms with Crippen LogP contribution in [0.4, 0.5) is 5.95 Å². The highest BCUT2D eigenvalue weighted by molar-refractivity contribution is 5.94. The van der Waals surface area contributed by atoms with E-state index in [1.54, 1.807) is 36.9 Å². The number of carboxylic acid groups (broad SMARTS) is 1. The molecule has 0 saturated heterocycles. The van der Waals surface area contributed by atoms with Crippen LogP contribution in [-0.4, -0.2) is 31.0 Å². The standard InChI is InChI=1S/C16H13N5O2/c22-15(23)13-10-20-16(19-9-11-2-1-5-18-8-11)21-14(13)12-3-6-17-7-4-12/h1-8,10H,9H2,(H,22,23)(H,19,20,21). The maximum Gasteiger partial charge on any atom is 0.339 e. The molecule has 23 heavy (non-hydrogen) atoms. The summed E-state index contributed by atoms with van der Waals surface area (Å²) >= 11 is 0. The van der Waals surface area contributed by atoms with Crippen molar-refractivity contribution in [3.8, 4) is 11.3 Å². The predicted molar refractivity (Wildman–Crippen MR) is 83.8 cm³/mol. The fraction of sp³-hybridized carbons (Fsp3) is 0.0625. The smallest absolute Gasteiger partial charge is 0.339 e. The monoisotopic (exact) mass is 307 g/mol. The van der Waals surface area contributed by atoms with Crippen molar-refractivity contribution in [1.82, 2.24) is 19.9 Å². The van der Waals surface area contributed by atoms with Crippen LogP contribution in [0.15, 0.2) is 55.2 Å². The summed E-state index contributed by atoms with van der Waals surface area (Å²) in [5, 5.41) is 12.4. The van der Waals surface area contributed by atoms with E-state index < -0.39 is 5.97 Å². The summed E-state index contributed by atoms with van der Waals surface area (Å²) < 4.78 is 0. The molecule has 0 radical (unpaired) electrons. The van der Waals surface area contributed by atoms with Crippen LogP contribution in [0.25, 0.3) is 11.3 Å². The minimum absolute atomic E-state index is 0.0446. The largest absolute Gasteiger partial charge is 0.478 e. The van der Waals surface area contributed by atoms with Crippen molar-refractivity contribution in [3.05, 3.63) is 66.4 Å². The van der Waals surface area contributed by atoms with Crippen LogP contribution in [-0.2, 0) is 6.54 Å². The zero-order valence-electron chi connectivity index (χ0n) is 12.0. The number of rotatable bonds is 5. The Balaban J connectivity index is 1.90. The highest BCUT2D eigenvalue weighted by Gasteiger charge is 2.15. The summed E-state index contributed by atoms with van der Waals surface area (Å²) in [6.45, 7) is 0.496. The quantitative estimate of drug-likeness (QED) is 0.745. The third-order valence-corrected chi connectivity index (χ3v) is 3.15. The Labute approximate surface area is 132 Å². The first-order valence-corrected chi connectivity index (χ1v) is 6.87. The number of aromatic nitrogens is 4. The highest BCUT2D eigenvalue weighted by Crippen LogP contribution is 2.21. The van der Waals surface area contributed by atoms with Gasteiger partial charge in [0.1, 0.15) is 5.56 Å². The van der Waals surface area contributed by atoms with E-state index in [2.05, 4.69) is 25.3 Å². The van der Waals surface area contributed by atoms with Gasteiger partial charge in [-0.25, -0.2) is 14.8 Å². The van der Waals surface area contributed by atoms with Gasteiger partial charge in [-0.05, 0) is 23.8 Å². The zero-order chi connectivity index (χ0) is 16.1. The molecule has 3 rings (SSSR count). The average Bonchev–Trinajstić information content (AvgIpc) is 2.61. The average molecular weight is 307 g/mol. The van der Waals surface area contributed by atoms with Crippen LogP contribution in [0.1, 0.15) is 15.9 Å². The Morgan fingerprint density at radius 1 is 1.09 bits per heavy atom. The number of hydrogen-bond acceptors (Lipinski definition) is 6. The summed E-state index contributed by atoms with van der Waals surface area (Å²) in [5.41, 5.74) is 2.04. The number of nitrogens with zero attached hydrogens (tertiary/aromatic N) is 4. The second-order valence-electron chi connectivity index (χ2n) is 4.71. The van der Waals surface area contributed by atoms with Crippen molar-refractivity contribution >= 4 is 11.9 Å². The number of anilines is 1. The van der Waals surface area contributed by atoms with Crippen molar-refractivity contribution in [2.24, 2.45) is 0 Å². The van der Waals surface area contributed by atoms with E-state index in [1.165, 1.54) is 6.20 Å². The topological polar surface area (TPSA) is 101 Å². The molecule has 114 valence electrons. The molecule has 0 unspecified atom stereocenters. The molecule has 3 aromatic rings. The summed E-state index contributed by atoms with van der Waals surface area (Å²) in [6.07, 6.45) is 7.92. The van der Waals surface area contributed by atoms with Crippen LogP contribution in [0.2, 0.25) is 0 Å². The van der Waals surface area contributed by atoms with Crippen LogP contribution in [0, 0.1) is 0 Å². The maximum atomic E-state index is 11.4. The number of pyridine rings is 2. The van der Waals surface area contributed by atoms with Crippen molar-refractivity contribution in [2.45, 2.75) is 6.54 Å². The Morgan fingerprint density at radius 3 is 2.61 bits per heavy atom. The van der Waals surface area contributed by atoms with Crippen molar-refractivity contribution in [1.29, 1.82) is 0 Å². The van der Waals surface area contributed by atoms with Gasteiger partial charge in [-0.15, -0.1) is 0 Å². The molecule has 0 aliphatic carbocycles. The second-order valence-corrected chi connectivity index (χ2v) is 4.71. The first kappa shape index (κ1) is 14.6. The molecule has 7 heteroatoms. The number of nitrogens with one attached hydrogen (secondary N) is 1. The molecule has 7 nitrogen and oxygen atoms in total. The molecule has 0 saturated carbocycles. The van der Waals surface area contributed by atoms with Crippen LogP contribution in [0.3, 0.4) is 0 Å². The van der Waals surface area contributed by atoms with Crippen LogP contribution < -0.4 is 5.32 Å². The molecular formula is C16H13N5O2. The first-order chi connectivity index (χ1) is 11.2. The van der Waals surface area contributed by atoms with Gasteiger partial charge in [0.2, 0.25) is 5.95 Å². The molecule has 3 aromatic heterocycles. The van der Waals surface area contributed by atoms with E-state index in [-0.39, 0.29) is 5.56 Å². The van der Waals surface area contributed by atoms with Gasteiger partial charge in [-0.3, -0.25) is 9.97 Å². The molecule has 0 aromatic carbocycles. The molecule has 0 aliphatic heterocycles. The highest BCUT2D eigenvalue weighted by atomic mass is 16.4. The summed E-state index contributed by atoms with van der Waals surface area (Å²) in [6, 6.07) is 7.18. The Hall–Kier alpha value is -3.35. The summed E-state index contributed by atoms with van der Waals surface area (Å²) in [7, 11) is 0. The van der Waals surface area contributed by atoms with E-state index in [1.807, 2.05) is 12.1 Å². The summed E-state index contributed by atoms with van der Waals surface area (Å²) in [4.78, 5) is 27.7. The lowest BCUT2D eigenvalue weighted by molar-refractivity contribution is 0.0697. The van der Waals surface area contributed by atoms with E-state index in [4.69, 9.17) is 0 Å². The lowest BCUT2D eigenvalue weighted by Gasteiger charge is -2.09. The van der Waals surface area contributed by atoms with Crippen LogP contribution in [0.5, 0.6) is 0 Å². The predicted octanol–water partition coefficient (Wildman–Crippen LogP) is 2.24. The molecule has 0 amide bonds. The van der Waals surface area contributed by atoms with Gasteiger partial charge in [0.25, 0.3) is 0 Å². The van der Waals surface area contributed by atoms with Gasteiger partial charge in [0, 0.05) is 43.1 Å². The minimum Gasteiger partial charge on any atom is -0.478 e. The van der Waals surface area contributed by atoms with Crippen LogP contribution >= 0.6 is 0 Å². The van der Waals surface area contributed by atoms with Gasteiger partial charge in [0.05, 0.1) is 5.69 Å². The van der Waals surface area contributed by atoms with E-state index in [0.717, 1.165) is 5.56 Å². The molecule has 3 heterocycles. The Morgan fingerprint density at radius 2 is 1.91 bits per heavy atom. The van der Waals surface area contributed by atoms with Crippen molar-refractivity contribution < 1.29 is 9.90 Å².